The minimum absolute atomic E-state index is 0.162. The number of fused-ring (bicyclic) bond motifs is 3. The molecule has 0 saturated heterocycles. The van der Waals surface area contributed by atoms with E-state index in [1.807, 2.05) is 19.1 Å². The predicted octanol–water partition coefficient (Wildman–Crippen LogP) is 4.67. The van der Waals surface area contributed by atoms with Gasteiger partial charge in [-0.25, -0.2) is 4.98 Å². The number of nitrogens with zero attached hydrogens (tertiary/aromatic N) is 2. The Balaban J connectivity index is 1.57. The number of nitrogens with one attached hydrogen (secondary N) is 1. The van der Waals surface area contributed by atoms with Crippen LogP contribution in [0.2, 0.25) is 0 Å². The van der Waals surface area contributed by atoms with Crippen LogP contribution in [0.4, 0.5) is 0 Å². The molecule has 2 N–H and O–H groups in total. The van der Waals surface area contributed by atoms with Gasteiger partial charge in [0.1, 0.15) is 12.4 Å². The van der Waals surface area contributed by atoms with Gasteiger partial charge < -0.3 is 24.5 Å². The summed E-state index contributed by atoms with van der Waals surface area (Å²) < 4.78 is 13.3. The van der Waals surface area contributed by atoms with Crippen molar-refractivity contribution in [1.82, 2.24) is 14.9 Å². The van der Waals surface area contributed by atoms with Gasteiger partial charge in [-0.3, -0.25) is 9.59 Å². The first-order valence-electron chi connectivity index (χ1n) is 13.8. The van der Waals surface area contributed by atoms with Gasteiger partial charge in [0.05, 0.1) is 22.7 Å². The Labute approximate surface area is 220 Å². The summed E-state index contributed by atoms with van der Waals surface area (Å²) in [4.78, 5) is 27.1. The highest BCUT2D eigenvalue weighted by atomic mass is 16.5. The Kier molecular flexibility index (Phi) is 8.29. The van der Waals surface area contributed by atoms with Gasteiger partial charge in [-0.05, 0) is 67.6 Å². The molecule has 2 bridgehead atoms. The van der Waals surface area contributed by atoms with E-state index in [0.29, 0.717) is 25.1 Å². The zero-order chi connectivity index (χ0) is 26.8. The number of rotatable bonds is 13. The lowest BCUT2D eigenvalue weighted by molar-refractivity contribution is -0.260. The zero-order valence-electron chi connectivity index (χ0n) is 23.0. The summed E-state index contributed by atoms with van der Waals surface area (Å²) in [6, 6.07) is 6.40. The molecule has 0 aliphatic heterocycles. The average Bonchev–Trinajstić information content (AvgIpc) is 3.21. The molecule has 8 heteroatoms. The minimum atomic E-state index is -0.847. The van der Waals surface area contributed by atoms with Gasteiger partial charge in [-0.1, -0.05) is 46.6 Å². The van der Waals surface area contributed by atoms with E-state index in [2.05, 4.69) is 48.4 Å². The molecule has 0 radical (unpaired) electrons. The maximum absolute atomic E-state index is 11.8. The molecule has 4 unspecified atom stereocenters. The molecule has 3 aliphatic rings. The molecular weight excluding hydrogens is 470 g/mol. The molecule has 3 fully saturated rings. The number of hydrogen-bond acceptors (Lipinski definition) is 6. The molecule has 3 aliphatic carbocycles. The van der Waals surface area contributed by atoms with E-state index < -0.39 is 5.60 Å². The highest BCUT2D eigenvalue weighted by Gasteiger charge is 2.63. The summed E-state index contributed by atoms with van der Waals surface area (Å²) in [5.74, 6) is 1.38. The lowest BCUT2D eigenvalue weighted by atomic mass is 9.43. The number of benzene rings is 1. The van der Waals surface area contributed by atoms with Crippen LogP contribution in [0.3, 0.4) is 0 Å². The fraction of sp³-hybridized carbons (Fsp3) is 0.690. The van der Waals surface area contributed by atoms with E-state index in [-0.39, 0.29) is 36.4 Å². The normalized spacial score (nSPS) is 26.2. The van der Waals surface area contributed by atoms with Gasteiger partial charge in [0.15, 0.2) is 6.61 Å². The molecule has 0 spiro atoms. The van der Waals surface area contributed by atoms with Crippen LogP contribution >= 0.6 is 0 Å². The van der Waals surface area contributed by atoms with Crippen LogP contribution in [-0.4, -0.2) is 45.3 Å². The number of aliphatic hydroxyl groups is 1. The van der Waals surface area contributed by atoms with Crippen LogP contribution < -0.4 is 5.32 Å². The van der Waals surface area contributed by atoms with Crippen molar-refractivity contribution in [3.8, 4) is 0 Å². The highest BCUT2D eigenvalue weighted by molar-refractivity contribution is 5.79. The second kappa shape index (κ2) is 11.1. The summed E-state index contributed by atoms with van der Waals surface area (Å²) in [5.41, 5.74) is 2.16. The van der Waals surface area contributed by atoms with Crippen molar-refractivity contribution >= 4 is 23.4 Å². The van der Waals surface area contributed by atoms with Gasteiger partial charge in [-0.15, -0.1) is 0 Å². The SMILES string of the molecule is CCCC(CCC)n1c(COC2CC3CC(C3(C)C)C2(C)O)nc2cc(CNC(=O)COC=O)ccc21. The third kappa shape index (κ3) is 5.41. The number of aromatic nitrogens is 2. The zero-order valence-corrected chi connectivity index (χ0v) is 23.0. The largest absolute Gasteiger partial charge is 0.458 e. The van der Waals surface area contributed by atoms with Crippen LogP contribution in [0.15, 0.2) is 18.2 Å². The highest BCUT2D eigenvalue weighted by Crippen LogP contribution is 2.63. The first kappa shape index (κ1) is 27.6. The number of amides is 1. The lowest BCUT2D eigenvalue weighted by Crippen LogP contribution is -2.66. The molecule has 1 aromatic carbocycles. The number of carbonyl (C=O) groups is 2. The summed E-state index contributed by atoms with van der Waals surface area (Å²) in [6.45, 7) is 11.6. The molecule has 3 saturated carbocycles. The van der Waals surface area contributed by atoms with E-state index in [0.717, 1.165) is 60.9 Å². The third-order valence-electron chi connectivity index (χ3n) is 8.95. The Morgan fingerprint density at radius 3 is 2.59 bits per heavy atom. The molecule has 1 heterocycles. The molecule has 37 heavy (non-hydrogen) atoms. The summed E-state index contributed by atoms with van der Waals surface area (Å²) in [5, 5.41) is 14.2. The van der Waals surface area contributed by atoms with Gasteiger partial charge in [0.2, 0.25) is 0 Å². The Bertz CT molecular complexity index is 1100. The van der Waals surface area contributed by atoms with Gasteiger partial charge in [0.25, 0.3) is 12.4 Å². The lowest BCUT2D eigenvalue weighted by Gasteiger charge is -2.64. The maximum Gasteiger partial charge on any atom is 0.293 e. The summed E-state index contributed by atoms with van der Waals surface area (Å²) in [7, 11) is 0. The second-order valence-corrected chi connectivity index (χ2v) is 11.7. The van der Waals surface area contributed by atoms with Crippen LogP contribution in [0, 0.1) is 17.3 Å². The summed E-state index contributed by atoms with van der Waals surface area (Å²) >= 11 is 0. The molecule has 4 atom stereocenters. The van der Waals surface area contributed by atoms with E-state index in [1.165, 1.54) is 0 Å². The Morgan fingerprint density at radius 2 is 1.97 bits per heavy atom. The smallest absolute Gasteiger partial charge is 0.293 e. The predicted molar refractivity (Wildman–Crippen MR) is 142 cm³/mol. The molecule has 8 nitrogen and oxygen atoms in total. The Hall–Kier alpha value is -2.45. The quantitative estimate of drug-likeness (QED) is 0.378. The fourth-order valence-electron chi connectivity index (χ4n) is 6.78. The van der Waals surface area contributed by atoms with Crippen molar-refractivity contribution in [3.05, 3.63) is 29.6 Å². The Morgan fingerprint density at radius 1 is 1.24 bits per heavy atom. The van der Waals surface area contributed by atoms with Crippen molar-refractivity contribution in [2.75, 3.05) is 6.61 Å². The van der Waals surface area contributed by atoms with Crippen molar-refractivity contribution < 1.29 is 24.2 Å². The molecule has 1 amide bonds. The topological polar surface area (TPSA) is 103 Å². The van der Waals surface area contributed by atoms with Crippen LogP contribution in [0.25, 0.3) is 11.0 Å². The summed E-state index contributed by atoms with van der Waals surface area (Å²) in [6.07, 6.45) is 6.02. The molecule has 2 aromatic rings. The van der Waals surface area contributed by atoms with E-state index in [9.17, 15) is 14.7 Å². The molecule has 1 aromatic heterocycles. The van der Waals surface area contributed by atoms with Crippen LogP contribution in [0.5, 0.6) is 0 Å². The van der Waals surface area contributed by atoms with Gasteiger partial charge in [0, 0.05) is 12.6 Å². The number of hydrogen-bond donors (Lipinski definition) is 2. The minimum Gasteiger partial charge on any atom is -0.458 e. The molecule has 204 valence electrons. The first-order chi connectivity index (χ1) is 17.6. The first-order valence-corrected chi connectivity index (χ1v) is 13.8. The van der Waals surface area contributed by atoms with E-state index in [1.54, 1.807) is 0 Å². The van der Waals surface area contributed by atoms with Crippen molar-refractivity contribution in [2.45, 2.75) is 104 Å². The van der Waals surface area contributed by atoms with E-state index >= 15 is 0 Å². The van der Waals surface area contributed by atoms with Gasteiger partial charge >= 0.3 is 0 Å². The van der Waals surface area contributed by atoms with Crippen molar-refractivity contribution in [3.63, 3.8) is 0 Å². The van der Waals surface area contributed by atoms with Gasteiger partial charge in [-0.2, -0.15) is 0 Å². The van der Waals surface area contributed by atoms with Crippen LogP contribution in [0.1, 0.15) is 90.6 Å². The standard InChI is InChI=1S/C29H43N3O5/c1-6-8-21(9-7-2)32-23-11-10-19(15-30-27(34)17-36-18-33)12-22(23)31-26(32)16-37-25-14-20-13-24(28(20,3)4)29(25,5)35/h10-12,18,20-21,24-25,35H,6-9,13-17H2,1-5H3,(H,30,34). The van der Waals surface area contributed by atoms with Crippen LogP contribution in [-0.2, 0) is 32.2 Å². The third-order valence-corrected chi connectivity index (χ3v) is 8.95. The average molecular weight is 514 g/mol. The van der Waals surface area contributed by atoms with Crippen molar-refractivity contribution in [1.29, 1.82) is 0 Å². The van der Waals surface area contributed by atoms with E-state index in [4.69, 9.17) is 9.72 Å². The number of carbonyl (C=O) groups excluding carboxylic acids is 2. The monoisotopic (exact) mass is 513 g/mol. The van der Waals surface area contributed by atoms with Crippen molar-refractivity contribution in [2.24, 2.45) is 17.3 Å². The number of imidazole rings is 1. The molecular formula is C29H43N3O5. The molecule has 5 rings (SSSR count). The number of ether oxygens (including phenoxy) is 2. The second-order valence-electron chi connectivity index (χ2n) is 11.7. The maximum atomic E-state index is 11.8. The fourth-order valence-corrected chi connectivity index (χ4v) is 6.78.